The first-order valence-electron chi connectivity index (χ1n) is 6.91. The minimum atomic E-state index is -0.0166. The van der Waals surface area contributed by atoms with Gasteiger partial charge in [0.15, 0.2) is 5.78 Å². The quantitative estimate of drug-likeness (QED) is 0.676. The average Bonchev–Trinajstić information content (AvgIpc) is 2.42. The molecule has 0 unspecified atom stereocenters. The number of Topliss-reactive ketones (excluding diaryl/α,β-unsaturated/α-hetero) is 1. The molecular formula is C19H18O. The molecule has 0 amide bonds. The van der Waals surface area contributed by atoms with Gasteiger partial charge in [-0.15, -0.1) is 0 Å². The second-order valence-electron chi connectivity index (χ2n) is 6.18. The Hall–Kier alpha value is -2.15. The Bertz CT molecular complexity index is 742. The zero-order valence-electron chi connectivity index (χ0n) is 11.9. The van der Waals surface area contributed by atoms with Gasteiger partial charge in [0.25, 0.3) is 0 Å². The third-order valence-corrected chi connectivity index (χ3v) is 3.85. The second kappa shape index (κ2) is 4.45. The third kappa shape index (κ3) is 2.09. The molecule has 1 heteroatoms. The number of fused-ring (bicyclic) bond motifs is 1. The van der Waals surface area contributed by atoms with Crippen LogP contribution in [0, 0.1) is 5.41 Å². The van der Waals surface area contributed by atoms with E-state index in [4.69, 9.17) is 0 Å². The first kappa shape index (κ1) is 12.9. The monoisotopic (exact) mass is 262 g/mol. The molecule has 0 saturated carbocycles. The second-order valence-corrected chi connectivity index (χ2v) is 6.18. The van der Waals surface area contributed by atoms with Gasteiger partial charge >= 0.3 is 0 Å². The first-order valence-corrected chi connectivity index (χ1v) is 6.91. The van der Waals surface area contributed by atoms with Gasteiger partial charge in [0.05, 0.1) is 0 Å². The molecule has 1 aliphatic carbocycles. The van der Waals surface area contributed by atoms with E-state index in [0.29, 0.717) is 5.57 Å². The molecule has 0 N–H and O–H groups in total. The molecule has 1 aliphatic rings. The van der Waals surface area contributed by atoms with Crippen molar-refractivity contribution in [1.29, 1.82) is 0 Å². The molecule has 2 aromatic rings. The predicted molar refractivity (Wildman–Crippen MR) is 84.5 cm³/mol. The summed E-state index contributed by atoms with van der Waals surface area (Å²) in [5, 5.41) is 2.28. The molecule has 0 atom stereocenters. The molecule has 0 bridgehead atoms. The number of ketones is 1. The normalized spacial score (nSPS) is 18.2. The van der Waals surface area contributed by atoms with E-state index in [9.17, 15) is 4.79 Å². The van der Waals surface area contributed by atoms with Gasteiger partial charge < -0.3 is 0 Å². The standard InChI is InChI=1S/C19H18O/c1-13-11-19(2,3)12-17(18(13)20)16-10-6-8-14-7-4-5-9-15(14)16/h4-10,12H,1,11H2,2-3H3. The maximum Gasteiger partial charge on any atom is 0.188 e. The van der Waals surface area contributed by atoms with Gasteiger partial charge in [-0.2, -0.15) is 0 Å². The predicted octanol–water partition coefficient (Wildman–Crippen LogP) is 4.78. The SMILES string of the molecule is C=C1CC(C)(C)C=C(c2cccc3ccccc23)C1=O. The molecule has 0 heterocycles. The van der Waals surface area contributed by atoms with Crippen LogP contribution in [0.15, 0.2) is 60.7 Å². The van der Waals surface area contributed by atoms with Gasteiger partial charge in [0, 0.05) is 5.57 Å². The van der Waals surface area contributed by atoms with E-state index in [1.165, 1.54) is 0 Å². The van der Waals surface area contributed by atoms with Crippen molar-refractivity contribution in [2.75, 3.05) is 0 Å². The molecule has 0 aliphatic heterocycles. The molecule has 0 saturated heterocycles. The number of carbonyl (C=O) groups excluding carboxylic acids is 1. The largest absolute Gasteiger partial charge is 0.289 e. The smallest absolute Gasteiger partial charge is 0.188 e. The van der Waals surface area contributed by atoms with Crippen LogP contribution in [0.25, 0.3) is 16.3 Å². The number of benzene rings is 2. The molecule has 2 aromatic carbocycles. The lowest BCUT2D eigenvalue weighted by Crippen LogP contribution is -2.21. The van der Waals surface area contributed by atoms with Crippen LogP contribution in [0.2, 0.25) is 0 Å². The topological polar surface area (TPSA) is 17.1 Å². The van der Waals surface area contributed by atoms with Crippen molar-refractivity contribution in [3.8, 4) is 0 Å². The maximum atomic E-state index is 12.5. The summed E-state index contributed by atoms with van der Waals surface area (Å²) in [6.45, 7) is 8.25. The van der Waals surface area contributed by atoms with Crippen molar-refractivity contribution in [3.63, 3.8) is 0 Å². The van der Waals surface area contributed by atoms with Crippen molar-refractivity contribution in [1.82, 2.24) is 0 Å². The fourth-order valence-corrected chi connectivity index (χ4v) is 2.99. The van der Waals surface area contributed by atoms with Gasteiger partial charge in [0.1, 0.15) is 0 Å². The van der Waals surface area contributed by atoms with Crippen LogP contribution in [-0.4, -0.2) is 5.78 Å². The van der Waals surface area contributed by atoms with Crippen molar-refractivity contribution < 1.29 is 4.79 Å². The Morgan fingerprint density at radius 3 is 2.55 bits per heavy atom. The zero-order chi connectivity index (χ0) is 14.3. The highest BCUT2D eigenvalue weighted by Gasteiger charge is 2.30. The number of hydrogen-bond donors (Lipinski definition) is 0. The van der Waals surface area contributed by atoms with Crippen molar-refractivity contribution >= 4 is 22.1 Å². The molecule has 0 aromatic heterocycles. The fourth-order valence-electron chi connectivity index (χ4n) is 2.99. The van der Waals surface area contributed by atoms with E-state index in [1.807, 2.05) is 24.3 Å². The number of allylic oxidation sites excluding steroid dienone is 3. The fraction of sp³-hybridized carbons (Fsp3) is 0.211. The zero-order valence-corrected chi connectivity index (χ0v) is 11.9. The van der Waals surface area contributed by atoms with Crippen LogP contribution >= 0.6 is 0 Å². The van der Waals surface area contributed by atoms with Crippen LogP contribution in [0.5, 0.6) is 0 Å². The summed E-state index contributed by atoms with van der Waals surface area (Å²) in [7, 11) is 0. The third-order valence-electron chi connectivity index (χ3n) is 3.85. The van der Waals surface area contributed by atoms with Crippen LogP contribution in [0.3, 0.4) is 0 Å². The lowest BCUT2D eigenvalue weighted by atomic mass is 9.75. The highest BCUT2D eigenvalue weighted by Crippen LogP contribution is 2.39. The lowest BCUT2D eigenvalue weighted by Gasteiger charge is -2.28. The number of rotatable bonds is 1. The van der Waals surface area contributed by atoms with Gasteiger partial charge in [-0.25, -0.2) is 0 Å². The molecule has 1 nitrogen and oxygen atoms in total. The van der Waals surface area contributed by atoms with Crippen LogP contribution in [0.4, 0.5) is 0 Å². The summed E-state index contributed by atoms with van der Waals surface area (Å²) in [5.74, 6) is 0.0840. The van der Waals surface area contributed by atoms with E-state index < -0.39 is 0 Å². The van der Waals surface area contributed by atoms with Gasteiger partial charge in [-0.05, 0) is 33.7 Å². The van der Waals surface area contributed by atoms with E-state index >= 15 is 0 Å². The molecule has 0 fully saturated rings. The highest BCUT2D eigenvalue weighted by atomic mass is 16.1. The van der Waals surface area contributed by atoms with Crippen molar-refractivity contribution in [2.24, 2.45) is 5.41 Å². The van der Waals surface area contributed by atoms with Crippen LogP contribution in [0.1, 0.15) is 25.8 Å². The van der Waals surface area contributed by atoms with Gasteiger partial charge in [-0.1, -0.05) is 69.0 Å². The Kier molecular flexibility index (Phi) is 2.86. The van der Waals surface area contributed by atoms with E-state index in [0.717, 1.165) is 28.3 Å². The summed E-state index contributed by atoms with van der Waals surface area (Å²) < 4.78 is 0. The van der Waals surface area contributed by atoms with Crippen LogP contribution < -0.4 is 0 Å². The number of hydrogen-bond acceptors (Lipinski definition) is 1. The molecule has 0 spiro atoms. The van der Waals surface area contributed by atoms with Gasteiger partial charge in [-0.3, -0.25) is 4.79 Å². The van der Waals surface area contributed by atoms with Crippen molar-refractivity contribution in [3.05, 3.63) is 66.3 Å². The highest BCUT2D eigenvalue weighted by molar-refractivity contribution is 6.31. The molecular weight excluding hydrogens is 244 g/mol. The summed E-state index contributed by atoms with van der Waals surface area (Å²) >= 11 is 0. The minimum Gasteiger partial charge on any atom is -0.289 e. The Morgan fingerprint density at radius 1 is 1.05 bits per heavy atom. The minimum absolute atomic E-state index is 0.0166. The van der Waals surface area contributed by atoms with Gasteiger partial charge in [0.2, 0.25) is 0 Å². The molecule has 3 rings (SSSR count). The Morgan fingerprint density at radius 2 is 1.75 bits per heavy atom. The average molecular weight is 262 g/mol. The van der Waals surface area contributed by atoms with E-state index in [1.54, 1.807) is 0 Å². The maximum absolute atomic E-state index is 12.5. The first-order chi connectivity index (χ1) is 9.48. The van der Waals surface area contributed by atoms with E-state index in [2.05, 4.69) is 44.7 Å². The molecule has 0 radical (unpaired) electrons. The Labute approximate surface area is 119 Å². The summed E-state index contributed by atoms with van der Waals surface area (Å²) in [6, 6.07) is 14.3. The van der Waals surface area contributed by atoms with Crippen LogP contribution in [-0.2, 0) is 4.79 Å². The summed E-state index contributed by atoms with van der Waals surface area (Å²) in [4.78, 5) is 12.5. The summed E-state index contributed by atoms with van der Waals surface area (Å²) in [5.41, 5.74) is 2.50. The lowest BCUT2D eigenvalue weighted by molar-refractivity contribution is -0.111. The molecule has 20 heavy (non-hydrogen) atoms. The summed E-state index contributed by atoms with van der Waals surface area (Å²) in [6.07, 6.45) is 2.84. The molecule has 100 valence electrons. The number of carbonyl (C=O) groups is 1. The van der Waals surface area contributed by atoms with Crippen molar-refractivity contribution in [2.45, 2.75) is 20.3 Å². The van der Waals surface area contributed by atoms with E-state index in [-0.39, 0.29) is 11.2 Å². The Balaban J connectivity index is 2.27.